The van der Waals surface area contributed by atoms with Gasteiger partial charge in [0.15, 0.2) is 11.5 Å². The van der Waals surface area contributed by atoms with Gasteiger partial charge in [0.25, 0.3) is 0 Å². The summed E-state index contributed by atoms with van der Waals surface area (Å²) in [5, 5.41) is 10.7. The second-order valence-electron chi connectivity index (χ2n) is 10.3. The number of aliphatic hydroxyl groups is 1. The number of aliphatic hydroxyl groups excluding tert-OH is 1. The van der Waals surface area contributed by atoms with E-state index in [2.05, 4.69) is 6.08 Å². The van der Waals surface area contributed by atoms with Gasteiger partial charge in [0, 0.05) is 11.0 Å². The molecule has 1 aliphatic heterocycles. The molecular formula is C25H30O6. The van der Waals surface area contributed by atoms with Crippen molar-refractivity contribution >= 4 is 11.9 Å². The minimum Gasteiger partial charge on any atom is -0.482 e. The average molecular weight is 427 g/mol. The quantitative estimate of drug-likeness (QED) is 0.450. The molecule has 0 saturated heterocycles. The van der Waals surface area contributed by atoms with E-state index in [1.807, 2.05) is 12.1 Å². The van der Waals surface area contributed by atoms with E-state index in [0.29, 0.717) is 23.3 Å². The summed E-state index contributed by atoms with van der Waals surface area (Å²) >= 11 is 0. The van der Waals surface area contributed by atoms with E-state index in [1.165, 1.54) is 12.0 Å². The zero-order valence-electron chi connectivity index (χ0n) is 18.3. The minimum absolute atomic E-state index is 0.0316. The number of esters is 2. The number of rotatable bonds is 4. The predicted molar refractivity (Wildman–Crippen MR) is 113 cm³/mol. The summed E-state index contributed by atoms with van der Waals surface area (Å²) in [7, 11) is 0. The standard InChI is InChI=1S/C25H30O6/c1-24(2,3)31-20(28)11-10-19(27)29-18-9-6-15-13-14-5-4-12-25-16(14)7-8-17(26)23(25)30-22(18)21(15)25/h6-9,14,16-17,23,26H,4-5,10-13H2,1-3H3/t14-,16+,17+,23+,25+/m1/s1. The molecular weight excluding hydrogens is 396 g/mol. The van der Waals surface area contributed by atoms with Crippen LogP contribution >= 0.6 is 0 Å². The van der Waals surface area contributed by atoms with Crippen molar-refractivity contribution in [1.82, 2.24) is 0 Å². The van der Waals surface area contributed by atoms with Crippen molar-refractivity contribution in [2.45, 2.75) is 82.5 Å². The molecule has 6 nitrogen and oxygen atoms in total. The first kappa shape index (κ1) is 20.6. The normalized spacial score (nSPS) is 32.1. The number of carbonyl (C=O) groups is 2. The third-order valence-corrected chi connectivity index (χ3v) is 7.18. The van der Waals surface area contributed by atoms with E-state index >= 15 is 0 Å². The highest BCUT2D eigenvalue weighted by Crippen LogP contribution is 2.64. The largest absolute Gasteiger partial charge is 0.482 e. The van der Waals surface area contributed by atoms with E-state index < -0.39 is 23.6 Å². The molecule has 0 radical (unpaired) electrons. The Kier molecular flexibility index (Phi) is 4.70. The molecule has 5 rings (SSSR count). The van der Waals surface area contributed by atoms with Crippen LogP contribution in [0.2, 0.25) is 0 Å². The molecule has 1 spiro atoms. The number of hydrogen-bond donors (Lipinski definition) is 1. The van der Waals surface area contributed by atoms with Gasteiger partial charge in [-0.25, -0.2) is 0 Å². The molecule has 1 heterocycles. The molecule has 0 unspecified atom stereocenters. The first-order chi connectivity index (χ1) is 14.7. The molecule has 2 bridgehead atoms. The van der Waals surface area contributed by atoms with Crippen molar-refractivity contribution in [2.75, 3.05) is 0 Å². The van der Waals surface area contributed by atoms with E-state index in [-0.39, 0.29) is 24.4 Å². The van der Waals surface area contributed by atoms with Crippen LogP contribution in [0.15, 0.2) is 24.3 Å². The van der Waals surface area contributed by atoms with Gasteiger partial charge in [0.2, 0.25) is 0 Å². The van der Waals surface area contributed by atoms with Gasteiger partial charge in [-0.05, 0) is 63.5 Å². The molecule has 0 aromatic heterocycles. The summed E-state index contributed by atoms with van der Waals surface area (Å²) in [4.78, 5) is 24.4. The van der Waals surface area contributed by atoms with E-state index in [9.17, 15) is 14.7 Å². The van der Waals surface area contributed by atoms with Gasteiger partial charge in [-0.2, -0.15) is 0 Å². The van der Waals surface area contributed by atoms with Gasteiger partial charge in [-0.1, -0.05) is 24.6 Å². The molecule has 6 heteroatoms. The highest BCUT2D eigenvalue weighted by molar-refractivity contribution is 5.80. The number of hydrogen-bond acceptors (Lipinski definition) is 6. The first-order valence-electron chi connectivity index (χ1n) is 11.3. The topological polar surface area (TPSA) is 82.1 Å². The van der Waals surface area contributed by atoms with Gasteiger partial charge < -0.3 is 19.3 Å². The van der Waals surface area contributed by atoms with Crippen LogP contribution in [0.1, 0.15) is 64.0 Å². The Morgan fingerprint density at radius 1 is 1.19 bits per heavy atom. The third-order valence-electron chi connectivity index (χ3n) is 7.18. The Morgan fingerprint density at radius 3 is 2.74 bits per heavy atom. The Balaban J connectivity index is 1.40. The van der Waals surface area contributed by atoms with E-state index in [0.717, 1.165) is 24.8 Å². The zero-order chi connectivity index (χ0) is 22.0. The fourth-order valence-corrected chi connectivity index (χ4v) is 6.22. The third kappa shape index (κ3) is 3.27. The SMILES string of the molecule is CC(C)(C)OC(=O)CCC(=O)Oc1ccc2c3c1O[C@H]1[C@@H](O)C=C[C@H]4[C@H](CCC[C@@]341)C2. The summed E-state index contributed by atoms with van der Waals surface area (Å²) in [6, 6.07) is 3.84. The Morgan fingerprint density at radius 2 is 1.97 bits per heavy atom. The highest BCUT2D eigenvalue weighted by Gasteiger charge is 2.63. The lowest BCUT2D eigenvalue weighted by molar-refractivity contribution is -0.156. The van der Waals surface area contributed by atoms with Crippen LogP contribution < -0.4 is 9.47 Å². The van der Waals surface area contributed by atoms with Crippen LogP contribution in [0.3, 0.4) is 0 Å². The van der Waals surface area contributed by atoms with Gasteiger partial charge in [0.05, 0.1) is 12.8 Å². The van der Waals surface area contributed by atoms with Crippen molar-refractivity contribution < 1.29 is 28.9 Å². The van der Waals surface area contributed by atoms with Crippen LogP contribution in [-0.4, -0.2) is 34.9 Å². The van der Waals surface area contributed by atoms with Crippen LogP contribution in [-0.2, 0) is 26.2 Å². The summed E-state index contributed by atoms with van der Waals surface area (Å²) in [5.74, 6) is 0.968. The Labute approximate surface area is 182 Å². The second-order valence-corrected chi connectivity index (χ2v) is 10.3. The summed E-state index contributed by atoms with van der Waals surface area (Å²) in [6.45, 7) is 5.38. The molecule has 1 N–H and O–H groups in total. The number of ether oxygens (including phenoxy) is 3. The van der Waals surface area contributed by atoms with E-state index in [1.54, 1.807) is 26.8 Å². The molecule has 1 aromatic rings. The van der Waals surface area contributed by atoms with Crippen LogP contribution in [0, 0.1) is 11.8 Å². The first-order valence-corrected chi connectivity index (χ1v) is 11.3. The number of allylic oxidation sites excluding steroid dienone is 1. The Hall–Kier alpha value is -2.34. The van der Waals surface area contributed by atoms with Crippen molar-refractivity contribution in [3.05, 3.63) is 35.4 Å². The maximum Gasteiger partial charge on any atom is 0.311 e. The molecule has 31 heavy (non-hydrogen) atoms. The molecule has 3 aliphatic carbocycles. The summed E-state index contributed by atoms with van der Waals surface area (Å²) in [5.41, 5.74) is 1.55. The lowest BCUT2D eigenvalue weighted by atomic mass is 9.50. The van der Waals surface area contributed by atoms with Gasteiger partial charge >= 0.3 is 11.9 Å². The lowest BCUT2D eigenvalue weighted by Crippen LogP contribution is -2.57. The fraction of sp³-hybridized carbons (Fsp3) is 0.600. The monoisotopic (exact) mass is 426 g/mol. The highest BCUT2D eigenvalue weighted by atomic mass is 16.6. The number of benzene rings is 1. The van der Waals surface area contributed by atoms with Crippen LogP contribution in [0.5, 0.6) is 11.5 Å². The molecule has 1 fully saturated rings. The predicted octanol–water partition coefficient (Wildman–Crippen LogP) is 3.62. The average Bonchev–Trinajstić information content (AvgIpc) is 3.03. The maximum atomic E-state index is 12.5. The summed E-state index contributed by atoms with van der Waals surface area (Å²) < 4.78 is 17.3. The van der Waals surface area contributed by atoms with Crippen molar-refractivity contribution in [3.63, 3.8) is 0 Å². The summed E-state index contributed by atoms with van der Waals surface area (Å²) in [6.07, 6.45) is 7.20. The van der Waals surface area contributed by atoms with Gasteiger partial charge in [-0.15, -0.1) is 0 Å². The zero-order valence-corrected chi connectivity index (χ0v) is 18.3. The number of carbonyl (C=O) groups excluding carboxylic acids is 2. The molecule has 0 amide bonds. The molecule has 166 valence electrons. The lowest BCUT2D eigenvalue weighted by Gasteiger charge is -2.53. The minimum atomic E-state index is -0.677. The fourth-order valence-electron chi connectivity index (χ4n) is 6.22. The van der Waals surface area contributed by atoms with Crippen LogP contribution in [0.4, 0.5) is 0 Å². The molecule has 5 atom stereocenters. The van der Waals surface area contributed by atoms with Crippen molar-refractivity contribution in [2.24, 2.45) is 11.8 Å². The smallest absolute Gasteiger partial charge is 0.311 e. The molecule has 1 saturated carbocycles. The van der Waals surface area contributed by atoms with Gasteiger partial charge in [-0.3, -0.25) is 9.59 Å². The van der Waals surface area contributed by atoms with Crippen molar-refractivity contribution in [1.29, 1.82) is 0 Å². The molecule has 4 aliphatic rings. The molecule has 1 aromatic carbocycles. The maximum absolute atomic E-state index is 12.5. The van der Waals surface area contributed by atoms with Crippen LogP contribution in [0.25, 0.3) is 0 Å². The Bertz CT molecular complexity index is 957. The second kappa shape index (κ2) is 7.09. The van der Waals surface area contributed by atoms with Gasteiger partial charge in [0.1, 0.15) is 17.8 Å². The van der Waals surface area contributed by atoms with Crippen molar-refractivity contribution in [3.8, 4) is 11.5 Å². The van der Waals surface area contributed by atoms with E-state index in [4.69, 9.17) is 14.2 Å².